The van der Waals surface area contributed by atoms with Crippen molar-refractivity contribution < 1.29 is 89.4 Å². The summed E-state index contributed by atoms with van der Waals surface area (Å²) in [6.45, 7) is 1.53. The molecule has 3 fully saturated rings. The van der Waals surface area contributed by atoms with E-state index >= 15 is 0 Å². The zero-order chi connectivity index (χ0) is 49.8. The first-order valence-electron chi connectivity index (χ1n) is 25.2. The van der Waals surface area contributed by atoms with Crippen LogP contribution in [0.2, 0.25) is 0 Å². The van der Waals surface area contributed by atoms with Crippen LogP contribution in [0.5, 0.6) is 0 Å². The van der Waals surface area contributed by atoms with Gasteiger partial charge in [-0.3, -0.25) is 4.79 Å². The number of nitrogens with one attached hydrogen (secondary N) is 1. The minimum Gasteiger partial charge on any atom is -0.394 e. The molecule has 19 heteroatoms. The standard InChI is InChI=1S/C49H87NO18/c1-3-5-7-9-11-12-13-14-15-16-17-18-19-21-23-25-27-37(55)50-32(33(54)26-24-22-20-10-8-6-4-2)31-63-47-43(61)40(58)45(35(29-52)65-47)68-49-44(62)41(59)46(36(30-53)66-49)67-48-42(60)39(57)38(56)34(28-51)64-48/h8,10,15-16,24,26,32-36,38-49,51-54,56-62H,3-7,9,11-14,17-23,25,27-31H2,1-2H3,(H,50,55)/b10-8+,16-15-,26-24+. The molecule has 17 atom stereocenters. The Labute approximate surface area is 402 Å². The first-order valence-corrected chi connectivity index (χ1v) is 25.2. The lowest BCUT2D eigenvalue weighted by Crippen LogP contribution is -2.66. The van der Waals surface area contributed by atoms with Crippen LogP contribution in [0.4, 0.5) is 0 Å². The monoisotopic (exact) mass is 978 g/mol. The number of hydrogen-bond donors (Lipinski definition) is 12. The van der Waals surface area contributed by atoms with Gasteiger partial charge < -0.3 is 89.9 Å². The number of carbonyl (C=O) groups excluding carboxylic acids is 1. The second-order valence-corrected chi connectivity index (χ2v) is 18.3. The number of hydrogen-bond acceptors (Lipinski definition) is 18. The number of aliphatic hydroxyl groups is 11. The fourth-order valence-corrected chi connectivity index (χ4v) is 8.38. The predicted molar refractivity (Wildman–Crippen MR) is 249 cm³/mol. The lowest BCUT2D eigenvalue weighted by molar-refractivity contribution is -0.379. The van der Waals surface area contributed by atoms with E-state index in [0.29, 0.717) is 12.8 Å². The summed E-state index contributed by atoms with van der Waals surface area (Å²) in [5, 5.41) is 119. The molecule has 0 aromatic rings. The Balaban J connectivity index is 1.53. The van der Waals surface area contributed by atoms with Gasteiger partial charge in [-0.2, -0.15) is 0 Å². The van der Waals surface area contributed by atoms with Crippen molar-refractivity contribution >= 4 is 5.91 Å². The smallest absolute Gasteiger partial charge is 0.220 e. The number of allylic oxidation sites excluding steroid dienone is 5. The molecule has 0 bridgehead atoms. The van der Waals surface area contributed by atoms with Crippen molar-refractivity contribution in [2.75, 3.05) is 26.4 Å². The zero-order valence-corrected chi connectivity index (χ0v) is 40.3. The number of ether oxygens (including phenoxy) is 6. The van der Waals surface area contributed by atoms with Gasteiger partial charge in [-0.25, -0.2) is 0 Å². The fourth-order valence-electron chi connectivity index (χ4n) is 8.38. The molecule has 3 aliphatic rings. The molecule has 0 radical (unpaired) electrons. The summed E-state index contributed by atoms with van der Waals surface area (Å²) < 4.78 is 34.0. The number of carbonyl (C=O) groups is 1. The van der Waals surface area contributed by atoms with Crippen LogP contribution in [0.1, 0.15) is 136 Å². The Bertz CT molecular complexity index is 1400. The van der Waals surface area contributed by atoms with Crippen LogP contribution < -0.4 is 5.32 Å². The molecule has 0 aromatic heterocycles. The van der Waals surface area contributed by atoms with E-state index in [1.54, 1.807) is 12.2 Å². The van der Waals surface area contributed by atoms with Crippen LogP contribution in [-0.4, -0.2) is 193 Å². The van der Waals surface area contributed by atoms with Crippen molar-refractivity contribution in [1.29, 1.82) is 0 Å². The van der Waals surface area contributed by atoms with Crippen LogP contribution in [0.3, 0.4) is 0 Å². The second kappa shape index (κ2) is 34.4. The minimum absolute atomic E-state index is 0.224. The van der Waals surface area contributed by atoms with E-state index in [1.165, 1.54) is 44.9 Å². The summed E-state index contributed by atoms with van der Waals surface area (Å²) in [6, 6.07) is -0.988. The van der Waals surface area contributed by atoms with Gasteiger partial charge in [0.05, 0.1) is 38.6 Å². The largest absolute Gasteiger partial charge is 0.394 e. The van der Waals surface area contributed by atoms with Crippen LogP contribution in [-0.2, 0) is 33.2 Å². The highest BCUT2D eigenvalue weighted by Crippen LogP contribution is 2.33. The molecule has 3 rings (SSSR count). The fraction of sp³-hybridized carbons (Fsp3) is 0.857. The normalized spacial score (nSPS) is 33.5. The van der Waals surface area contributed by atoms with E-state index in [2.05, 4.69) is 43.5 Å². The van der Waals surface area contributed by atoms with Gasteiger partial charge in [0, 0.05) is 6.42 Å². The lowest BCUT2D eigenvalue weighted by atomic mass is 9.96. The molecule has 1 amide bonds. The third-order valence-electron chi connectivity index (χ3n) is 12.6. The van der Waals surface area contributed by atoms with Crippen LogP contribution in [0.15, 0.2) is 36.5 Å². The Morgan fingerprint density at radius 2 is 0.971 bits per heavy atom. The molecule has 3 heterocycles. The summed E-state index contributed by atoms with van der Waals surface area (Å²) in [5.74, 6) is -0.302. The van der Waals surface area contributed by atoms with Gasteiger partial charge in [-0.15, -0.1) is 0 Å². The van der Waals surface area contributed by atoms with Gasteiger partial charge in [0.25, 0.3) is 0 Å². The Hall–Kier alpha value is -1.99. The molecule has 0 spiro atoms. The second-order valence-electron chi connectivity index (χ2n) is 18.3. The molecule has 0 saturated carbocycles. The average Bonchev–Trinajstić information content (AvgIpc) is 3.33. The molecule has 3 aliphatic heterocycles. The van der Waals surface area contributed by atoms with Crippen LogP contribution in [0.25, 0.3) is 0 Å². The highest BCUT2D eigenvalue weighted by Gasteiger charge is 2.53. The van der Waals surface area contributed by atoms with Gasteiger partial charge in [-0.05, 0) is 51.4 Å². The maximum atomic E-state index is 13.2. The SMILES string of the molecule is CCC/C=C/CC/C=C/C(O)C(COC1OC(CO)C(OC2OC(CO)C(OC3OC(CO)C(O)C(O)C3O)C(O)C2O)C(O)C1O)NC(=O)CCCCCCC/C=C\CCCCCCCCC. The summed E-state index contributed by atoms with van der Waals surface area (Å²) in [4.78, 5) is 13.2. The van der Waals surface area contributed by atoms with Crippen molar-refractivity contribution in [3.05, 3.63) is 36.5 Å². The highest BCUT2D eigenvalue weighted by atomic mass is 16.8. The van der Waals surface area contributed by atoms with Crippen molar-refractivity contribution in [3.8, 4) is 0 Å². The molecule has 12 N–H and O–H groups in total. The summed E-state index contributed by atoms with van der Waals surface area (Å²) >= 11 is 0. The molecular weight excluding hydrogens is 891 g/mol. The molecule has 17 unspecified atom stereocenters. The van der Waals surface area contributed by atoms with E-state index < -0.39 is 124 Å². The third-order valence-corrected chi connectivity index (χ3v) is 12.6. The van der Waals surface area contributed by atoms with Gasteiger partial charge in [0.15, 0.2) is 18.9 Å². The lowest BCUT2D eigenvalue weighted by Gasteiger charge is -2.48. The first-order chi connectivity index (χ1) is 32.8. The number of aliphatic hydroxyl groups excluding tert-OH is 11. The molecular formula is C49H87NO18. The number of unbranched alkanes of at least 4 members (excludes halogenated alkanes) is 14. The Morgan fingerprint density at radius 1 is 0.515 bits per heavy atom. The number of rotatable bonds is 34. The van der Waals surface area contributed by atoms with Crippen molar-refractivity contribution in [3.63, 3.8) is 0 Å². The van der Waals surface area contributed by atoms with Gasteiger partial charge >= 0.3 is 0 Å². The molecule has 396 valence electrons. The van der Waals surface area contributed by atoms with Crippen molar-refractivity contribution in [2.24, 2.45) is 0 Å². The van der Waals surface area contributed by atoms with E-state index in [0.717, 1.165) is 57.8 Å². The molecule has 3 saturated heterocycles. The van der Waals surface area contributed by atoms with Crippen LogP contribution >= 0.6 is 0 Å². The average molecular weight is 978 g/mol. The van der Waals surface area contributed by atoms with Gasteiger partial charge in [0.2, 0.25) is 5.91 Å². The first kappa shape index (κ1) is 60.3. The maximum Gasteiger partial charge on any atom is 0.220 e. The predicted octanol–water partition coefficient (Wildman–Crippen LogP) is 1.42. The summed E-state index contributed by atoms with van der Waals surface area (Å²) in [7, 11) is 0. The molecule has 0 aliphatic carbocycles. The van der Waals surface area contributed by atoms with E-state index in [4.69, 9.17) is 28.4 Å². The number of amides is 1. The van der Waals surface area contributed by atoms with E-state index in [9.17, 15) is 61.0 Å². The zero-order valence-electron chi connectivity index (χ0n) is 40.3. The topological polar surface area (TPSA) is 307 Å². The van der Waals surface area contributed by atoms with E-state index in [1.807, 2.05) is 0 Å². The highest BCUT2D eigenvalue weighted by molar-refractivity contribution is 5.76. The van der Waals surface area contributed by atoms with Crippen molar-refractivity contribution in [2.45, 2.75) is 240 Å². The minimum atomic E-state index is -1.98. The molecule has 19 nitrogen and oxygen atoms in total. The summed E-state index contributed by atoms with van der Waals surface area (Å²) in [6.07, 6.45) is 4.82. The quantitative estimate of drug-likeness (QED) is 0.0321. The van der Waals surface area contributed by atoms with Crippen molar-refractivity contribution in [1.82, 2.24) is 5.32 Å². The van der Waals surface area contributed by atoms with Crippen LogP contribution in [0, 0.1) is 0 Å². The Morgan fingerprint density at radius 3 is 1.53 bits per heavy atom. The third kappa shape index (κ3) is 20.3. The van der Waals surface area contributed by atoms with E-state index in [-0.39, 0.29) is 18.9 Å². The Kier molecular flexibility index (Phi) is 30.5. The summed E-state index contributed by atoms with van der Waals surface area (Å²) in [5.41, 5.74) is 0. The van der Waals surface area contributed by atoms with Gasteiger partial charge in [0.1, 0.15) is 73.2 Å². The molecule has 0 aromatic carbocycles. The maximum absolute atomic E-state index is 13.2. The van der Waals surface area contributed by atoms with Gasteiger partial charge in [-0.1, -0.05) is 115 Å². The molecule has 68 heavy (non-hydrogen) atoms.